The zero-order valence-electron chi connectivity index (χ0n) is 23.2. The molecule has 1 heterocycles. The summed E-state index contributed by atoms with van der Waals surface area (Å²) in [6, 6.07) is 14.9. The van der Waals surface area contributed by atoms with Crippen molar-refractivity contribution in [3.8, 4) is 11.1 Å². The summed E-state index contributed by atoms with van der Waals surface area (Å²) in [4.78, 5) is 41.4. The van der Waals surface area contributed by atoms with Crippen LogP contribution >= 0.6 is 11.6 Å². The molecular weight excluding hydrogens is 548 g/mol. The van der Waals surface area contributed by atoms with E-state index in [1.165, 1.54) is 20.2 Å². The van der Waals surface area contributed by atoms with Gasteiger partial charge in [-0.1, -0.05) is 61.8 Å². The Balaban J connectivity index is 0.00000226. The number of rotatable bonds is 9. The van der Waals surface area contributed by atoms with Gasteiger partial charge in [-0.25, -0.2) is 8.78 Å². The highest BCUT2D eigenvalue weighted by Gasteiger charge is 2.29. The Kier molecular flexibility index (Phi) is 10.7. The summed E-state index contributed by atoms with van der Waals surface area (Å²) < 4.78 is 29.8. The molecule has 0 aliphatic heterocycles. The van der Waals surface area contributed by atoms with E-state index in [1.807, 2.05) is 26.0 Å². The molecule has 1 aromatic heterocycles. The normalized spacial score (nSPS) is 11.4. The minimum absolute atomic E-state index is 0.0484. The summed E-state index contributed by atoms with van der Waals surface area (Å²) in [7, 11) is 1.50. The number of nitrogens with one attached hydrogen (secondary N) is 2. The van der Waals surface area contributed by atoms with Gasteiger partial charge in [0, 0.05) is 34.3 Å². The highest BCUT2D eigenvalue weighted by Crippen LogP contribution is 2.35. The van der Waals surface area contributed by atoms with Crippen molar-refractivity contribution in [3.63, 3.8) is 0 Å². The molecule has 4 rings (SSSR count). The van der Waals surface area contributed by atoms with Gasteiger partial charge in [0.2, 0.25) is 5.78 Å². The van der Waals surface area contributed by atoms with Crippen molar-refractivity contribution in [2.24, 2.45) is 5.73 Å². The minimum Gasteiger partial charge on any atom is -0.357 e. The van der Waals surface area contributed by atoms with E-state index >= 15 is 4.39 Å². The van der Waals surface area contributed by atoms with Crippen molar-refractivity contribution in [1.29, 1.82) is 0 Å². The Bertz CT molecular complexity index is 1550. The number of hydrogen-bond acceptors (Lipinski definition) is 4. The van der Waals surface area contributed by atoms with Gasteiger partial charge in [0.05, 0.1) is 17.3 Å². The van der Waals surface area contributed by atoms with Crippen molar-refractivity contribution >= 4 is 29.6 Å². The lowest BCUT2D eigenvalue weighted by molar-refractivity contribution is -0.108. The first-order chi connectivity index (χ1) is 19.6. The van der Waals surface area contributed by atoms with E-state index in [1.54, 1.807) is 36.4 Å². The zero-order valence-corrected chi connectivity index (χ0v) is 24.0. The SMILES string of the molecule is CN.Cc1c(F)ccc(F)c1-c1c(C(=O)NC(CC=O)c2cccc(Cl)c2)c[nH]c1C(=O)c1ccc(C(C)C)cc1. The average molecular weight is 580 g/mol. The molecule has 0 aliphatic rings. The molecule has 4 N–H and O–H groups in total. The van der Waals surface area contributed by atoms with Gasteiger partial charge in [0.25, 0.3) is 5.91 Å². The van der Waals surface area contributed by atoms with Crippen molar-refractivity contribution < 1.29 is 23.2 Å². The lowest BCUT2D eigenvalue weighted by Gasteiger charge is -2.18. The number of amides is 1. The van der Waals surface area contributed by atoms with Crippen LogP contribution in [0.4, 0.5) is 8.78 Å². The third-order valence-corrected chi connectivity index (χ3v) is 6.91. The second-order valence-corrected chi connectivity index (χ2v) is 10.0. The molecule has 214 valence electrons. The maximum Gasteiger partial charge on any atom is 0.253 e. The monoisotopic (exact) mass is 579 g/mol. The average Bonchev–Trinajstić information content (AvgIpc) is 3.40. The third kappa shape index (κ3) is 6.96. The molecule has 9 heteroatoms. The van der Waals surface area contributed by atoms with Crippen LogP contribution in [0.15, 0.2) is 66.9 Å². The predicted molar refractivity (Wildman–Crippen MR) is 157 cm³/mol. The first kappa shape index (κ1) is 31.4. The Morgan fingerprint density at radius 2 is 1.63 bits per heavy atom. The van der Waals surface area contributed by atoms with Gasteiger partial charge in [-0.15, -0.1) is 0 Å². The predicted octanol–water partition coefficient (Wildman–Crippen LogP) is 6.91. The Hall–Kier alpha value is -4.14. The van der Waals surface area contributed by atoms with Crippen LogP contribution in [-0.2, 0) is 4.79 Å². The molecule has 4 aromatic rings. The molecule has 0 radical (unpaired) electrons. The number of ketones is 1. The highest BCUT2D eigenvalue weighted by molar-refractivity contribution is 6.30. The number of H-pyrrole nitrogens is 1. The van der Waals surface area contributed by atoms with Gasteiger partial charge in [-0.05, 0) is 60.8 Å². The Morgan fingerprint density at radius 1 is 0.976 bits per heavy atom. The number of carbonyl (C=O) groups excluding carboxylic acids is 3. The number of benzene rings is 3. The van der Waals surface area contributed by atoms with Gasteiger partial charge in [0.1, 0.15) is 17.9 Å². The van der Waals surface area contributed by atoms with E-state index in [2.05, 4.69) is 16.0 Å². The molecule has 0 fully saturated rings. The number of aromatic amines is 1. The fraction of sp³-hybridized carbons (Fsp3) is 0.219. The standard InChI is InChI=1S/C31H27ClF2N2O3.CH5N/c1-17(2)19-7-9-20(10-8-19)30(38)29-28(27-18(3)24(33)11-12-25(27)34)23(16-35-29)31(39)36-26(13-14-37)21-5-4-6-22(32)15-21;1-2/h4-12,14-17,26,35H,13H2,1-3H3,(H,36,39);2H2,1H3. The first-order valence-corrected chi connectivity index (χ1v) is 13.4. The van der Waals surface area contributed by atoms with E-state index in [9.17, 15) is 18.8 Å². The van der Waals surface area contributed by atoms with Crippen LogP contribution in [0.1, 0.15) is 75.3 Å². The Labute approximate surface area is 242 Å². The first-order valence-electron chi connectivity index (χ1n) is 13.0. The highest BCUT2D eigenvalue weighted by atomic mass is 35.5. The summed E-state index contributed by atoms with van der Waals surface area (Å²) in [6.45, 7) is 5.44. The molecule has 0 aliphatic carbocycles. The summed E-state index contributed by atoms with van der Waals surface area (Å²) in [5, 5.41) is 3.20. The molecule has 1 atom stereocenters. The molecule has 1 amide bonds. The van der Waals surface area contributed by atoms with Gasteiger partial charge >= 0.3 is 0 Å². The molecule has 3 aromatic carbocycles. The summed E-state index contributed by atoms with van der Waals surface area (Å²) >= 11 is 6.10. The number of nitrogens with two attached hydrogens (primary N) is 1. The summed E-state index contributed by atoms with van der Waals surface area (Å²) in [5.74, 6) is -2.37. The van der Waals surface area contributed by atoms with Crippen LogP contribution < -0.4 is 11.1 Å². The molecule has 0 bridgehead atoms. The second kappa shape index (κ2) is 14.0. The van der Waals surface area contributed by atoms with E-state index in [4.69, 9.17) is 11.6 Å². The fourth-order valence-corrected chi connectivity index (χ4v) is 4.70. The molecule has 6 nitrogen and oxygen atoms in total. The van der Waals surface area contributed by atoms with E-state index in [0.717, 1.165) is 17.7 Å². The maximum atomic E-state index is 15.2. The largest absolute Gasteiger partial charge is 0.357 e. The molecule has 0 saturated heterocycles. The molecule has 0 spiro atoms. The quantitative estimate of drug-likeness (QED) is 0.148. The van der Waals surface area contributed by atoms with Crippen LogP contribution in [-0.4, -0.2) is 30.0 Å². The fourth-order valence-electron chi connectivity index (χ4n) is 4.50. The number of carbonyl (C=O) groups is 3. The molecular formula is C32H32ClF2N3O3. The van der Waals surface area contributed by atoms with Crippen molar-refractivity contribution in [3.05, 3.63) is 117 Å². The van der Waals surface area contributed by atoms with Crippen LogP contribution in [0.2, 0.25) is 5.02 Å². The summed E-state index contributed by atoms with van der Waals surface area (Å²) in [5.41, 5.74) is 6.02. The van der Waals surface area contributed by atoms with Gasteiger partial charge < -0.3 is 20.8 Å². The topological polar surface area (TPSA) is 105 Å². The molecule has 41 heavy (non-hydrogen) atoms. The van der Waals surface area contributed by atoms with Gasteiger partial charge in [0.15, 0.2) is 0 Å². The third-order valence-electron chi connectivity index (χ3n) is 6.68. The van der Waals surface area contributed by atoms with E-state index in [0.29, 0.717) is 22.4 Å². The molecule has 0 saturated carbocycles. The van der Waals surface area contributed by atoms with Gasteiger partial charge in [-0.3, -0.25) is 9.59 Å². The lowest BCUT2D eigenvalue weighted by atomic mass is 9.92. The van der Waals surface area contributed by atoms with E-state index < -0.39 is 29.4 Å². The molecule has 1 unspecified atom stereocenters. The minimum atomic E-state index is -0.786. The smallest absolute Gasteiger partial charge is 0.253 e. The van der Waals surface area contributed by atoms with Crippen LogP contribution in [0, 0.1) is 18.6 Å². The van der Waals surface area contributed by atoms with Gasteiger partial charge in [-0.2, -0.15) is 0 Å². The second-order valence-electron chi connectivity index (χ2n) is 9.57. The zero-order chi connectivity index (χ0) is 30.3. The van der Waals surface area contributed by atoms with Crippen molar-refractivity contribution in [2.75, 3.05) is 7.05 Å². The number of aldehydes is 1. The van der Waals surface area contributed by atoms with Crippen LogP contribution in [0.5, 0.6) is 0 Å². The van der Waals surface area contributed by atoms with Crippen molar-refractivity contribution in [1.82, 2.24) is 10.3 Å². The lowest BCUT2D eigenvalue weighted by Crippen LogP contribution is -2.29. The van der Waals surface area contributed by atoms with Crippen LogP contribution in [0.3, 0.4) is 0 Å². The number of halogens is 3. The van der Waals surface area contributed by atoms with Crippen LogP contribution in [0.25, 0.3) is 11.1 Å². The summed E-state index contributed by atoms with van der Waals surface area (Å²) in [6.07, 6.45) is 1.91. The van der Waals surface area contributed by atoms with E-state index in [-0.39, 0.29) is 40.3 Å². The number of aromatic nitrogens is 1. The number of hydrogen-bond donors (Lipinski definition) is 3. The van der Waals surface area contributed by atoms with Crippen molar-refractivity contribution in [2.45, 2.75) is 39.2 Å². The Morgan fingerprint density at radius 3 is 2.24 bits per heavy atom. The maximum absolute atomic E-state index is 15.2.